The van der Waals surface area contributed by atoms with Crippen molar-refractivity contribution in [1.29, 1.82) is 0 Å². The molecule has 5 nitrogen and oxygen atoms in total. The van der Waals surface area contributed by atoms with E-state index in [2.05, 4.69) is 68.6 Å². The first-order valence-electron chi connectivity index (χ1n) is 10.2. The standard InChI is InChI=1S/C23H25N5/c1-4-15-27(16-5-1)20-10-8-19(9-11-20)25-22-12-14-24-23(26-22)28-17-13-18-6-2-3-7-21(18)28/h2-3,6-12,14H,1,4-5,13,15-17H2,(H,24,25,26). The van der Waals surface area contributed by atoms with Gasteiger partial charge in [0.05, 0.1) is 0 Å². The second-order valence-electron chi connectivity index (χ2n) is 7.49. The normalized spacial score (nSPS) is 16.1. The van der Waals surface area contributed by atoms with Crippen LogP contribution in [0.1, 0.15) is 24.8 Å². The maximum absolute atomic E-state index is 4.75. The van der Waals surface area contributed by atoms with Crippen molar-refractivity contribution in [2.75, 3.05) is 34.8 Å². The van der Waals surface area contributed by atoms with Crippen LogP contribution in [0.2, 0.25) is 0 Å². The number of piperidine rings is 1. The molecular formula is C23H25N5. The molecule has 1 N–H and O–H groups in total. The Bertz CT molecular complexity index is 947. The van der Waals surface area contributed by atoms with E-state index in [4.69, 9.17) is 4.98 Å². The van der Waals surface area contributed by atoms with Gasteiger partial charge in [0.1, 0.15) is 5.82 Å². The van der Waals surface area contributed by atoms with E-state index in [-0.39, 0.29) is 0 Å². The fraction of sp³-hybridized carbons (Fsp3) is 0.304. The molecule has 3 aromatic rings. The highest BCUT2D eigenvalue weighted by molar-refractivity contribution is 5.67. The number of benzene rings is 2. The van der Waals surface area contributed by atoms with Gasteiger partial charge in [0.2, 0.25) is 5.95 Å². The average Bonchev–Trinajstić information content (AvgIpc) is 3.19. The Hall–Kier alpha value is -3.08. The highest BCUT2D eigenvalue weighted by Crippen LogP contribution is 2.32. The van der Waals surface area contributed by atoms with Crippen molar-refractivity contribution in [2.24, 2.45) is 0 Å². The molecule has 0 atom stereocenters. The van der Waals surface area contributed by atoms with Crippen LogP contribution in [0.25, 0.3) is 0 Å². The molecule has 142 valence electrons. The molecule has 0 saturated carbocycles. The van der Waals surface area contributed by atoms with Gasteiger partial charge >= 0.3 is 0 Å². The van der Waals surface area contributed by atoms with Gasteiger partial charge < -0.3 is 15.1 Å². The summed E-state index contributed by atoms with van der Waals surface area (Å²) in [6, 6.07) is 19.1. The molecule has 5 heteroatoms. The summed E-state index contributed by atoms with van der Waals surface area (Å²) in [5.74, 6) is 1.57. The van der Waals surface area contributed by atoms with E-state index in [0.29, 0.717) is 0 Å². The lowest BCUT2D eigenvalue weighted by Crippen LogP contribution is -2.29. The molecular weight excluding hydrogens is 346 g/mol. The number of aromatic nitrogens is 2. The first-order valence-corrected chi connectivity index (χ1v) is 10.2. The fourth-order valence-corrected chi connectivity index (χ4v) is 4.15. The molecule has 0 amide bonds. The number of rotatable bonds is 4. The number of nitrogens with zero attached hydrogens (tertiary/aromatic N) is 4. The summed E-state index contributed by atoms with van der Waals surface area (Å²) in [4.78, 5) is 13.9. The van der Waals surface area contributed by atoms with Gasteiger partial charge in [-0.3, -0.25) is 0 Å². The first-order chi connectivity index (χ1) is 13.9. The SMILES string of the molecule is c1ccc2c(c1)CCN2c1nccc(Nc2ccc(N3CCCCC3)cc2)n1. The number of para-hydroxylation sites is 1. The minimum atomic E-state index is 0.750. The summed E-state index contributed by atoms with van der Waals surface area (Å²) in [5, 5.41) is 3.43. The molecule has 2 aliphatic heterocycles. The Morgan fingerprint density at radius 2 is 1.64 bits per heavy atom. The average molecular weight is 371 g/mol. The minimum Gasteiger partial charge on any atom is -0.372 e. The van der Waals surface area contributed by atoms with E-state index in [9.17, 15) is 0 Å². The third-order valence-electron chi connectivity index (χ3n) is 5.63. The highest BCUT2D eigenvalue weighted by Gasteiger charge is 2.21. The molecule has 1 aromatic heterocycles. The molecule has 0 spiro atoms. The minimum absolute atomic E-state index is 0.750. The summed E-state index contributed by atoms with van der Waals surface area (Å²) >= 11 is 0. The van der Waals surface area contributed by atoms with Crippen molar-refractivity contribution in [3.63, 3.8) is 0 Å². The van der Waals surface area contributed by atoms with Crippen LogP contribution in [-0.2, 0) is 6.42 Å². The van der Waals surface area contributed by atoms with Crippen LogP contribution < -0.4 is 15.1 Å². The van der Waals surface area contributed by atoms with Crippen molar-refractivity contribution in [3.05, 3.63) is 66.4 Å². The Morgan fingerprint density at radius 1 is 0.821 bits per heavy atom. The van der Waals surface area contributed by atoms with Crippen molar-refractivity contribution in [2.45, 2.75) is 25.7 Å². The summed E-state index contributed by atoms with van der Waals surface area (Å²) < 4.78 is 0. The number of anilines is 5. The number of nitrogens with one attached hydrogen (secondary N) is 1. The monoisotopic (exact) mass is 371 g/mol. The smallest absolute Gasteiger partial charge is 0.231 e. The summed E-state index contributed by atoms with van der Waals surface area (Å²) in [7, 11) is 0. The molecule has 0 aliphatic carbocycles. The van der Waals surface area contributed by atoms with Crippen molar-refractivity contribution >= 4 is 28.8 Å². The molecule has 0 unspecified atom stereocenters. The van der Waals surface area contributed by atoms with Crippen molar-refractivity contribution in [1.82, 2.24) is 9.97 Å². The van der Waals surface area contributed by atoms with Crippen molar-refractivity contribution in [3.8, 4) is 0 Å². The largest absolute Gasteiger partial charge is 0.372 e. The predicted octanol–water partition coefficient (Wildman–Crippen LogP) is 4.90. The molecule has 0 bridgehead atoms. The van der Waals surface area contributed by atoms with Crippen LogP contribution in [0.3, 0.4) is 0 Å². The van der Waals surface area contributed by atoms with Gasteiger partial charge in [0, 0.05) is 42.9 Å². The van der Waals surface area contributed by atoms with E-state index in [1.165, 1.54) is 49.3 Å². The maximum Gasteiger partial charge on any atom is 0.231 e. The lowest BCUT2D eigenvalue weighted by Gasteiger charge is -2.28. The van der Waals surface area contributed by atoms with Gasteiger partial charge in [-0.1, -0.05) is 18.2 Å². The van der Waals surface area contributed by atoms with Crippen LogP contribution in [0.5, 0.6) is 0 Å². The van der Waals surface area contributed by atoms with Crippen LogP contribution in [0.15, 0.2) is 60.8 Å². The molecule has 1 saturated heterocycles. The van der Waals surface area contributed by atoms with E-state index in [1.807, 2.05) is 12.3 Å². The number of hydrogen-bond acceptors (Lipinski definition) is 5. The Kier molecular flexibility index (Phi) is 4.57. The molecule has 5 rings (SSSR count). The van der Waals surface area contributed by atoms with Crippen molar-refractivity contribution < 1.29 is 0 Å². The third kappa shape index (κ3) is 3.40. The Labute approximate surface area is 166 Å². The van der Waals surface area contributed by atoms with Gasteiger partial charge in [0.15, 0.2) is 0 Å². The van der Waals surface area contributed by atoms with E-state index in [1.54, 1.807) is 0 Å². The number of hydrogen-bond donors (Lipinski definition) is 1. The summed E-state index contributed by atoms with van der Waals surface area (Å²) in [5.41, 5.74) is 4.93. The molecule has 2 aromatic carbocycles. The topological polar surface area (TPSA) is 44.3 Å². The molecule has 2 aliphatic rings. The Balaban J connectivity index is 1.32. The molecule has 1 fully saturated rings. The molecule has 3 heterocycles. The van der Waals surface area contributed by atoms with Gasteiger partial charge in [-0.25, -0.2) is 4.98 Å². The van der Waals surface area contributed by atoms with Crippen LogP contribution in [0, 0.1) is 0 Å². The van der Waals surface area contributed by atoms with Gasteiger partial charge in [-0.05, 0) is 67.6 Å². The summed E-state index contributed by atoms with van der Waals surface area (Å²) in [6.07, 6.45) is 6.81. The predicted molar refractivity (Wildman–Crippen MR) is 115 cm³/mol. The van der Waals surface area contributed by atoms with Crippen LogP contribution in [-0.4, -0.2) is 29.6 Å². The maximum atomic E-state index is 4.75. The van der Waals surface area contributed by atoms with Crippen LogP contribution in [0.4, 0.5) is 28.8 Å². The quantitative estimate of drug-likeness (QED) is 0.706. The lowest BCUT2D eigenvalue weighted by molar-refractivity contribution is 0.578. The molecule has 0 radical (unpaired) electrons. The first kappa shape index (κ1) is 17.0. The zero-order chi connectivity index (χ0) is 18.8. The molecule has 28 heavy (non-hydrogen) atoms. The lowest BCUT2D eigenvalue weighted by atomic mass is 10.1. The second-order valence-corrected chi connectivity index (χ2v) is 7.49. The van der Waals surface area contributed by atoms with E-state index < -0.39 is 0 Å². The zero-order valence-corrected chi connectivity index (χ0v) is 16.0. The van der Waals surface area contributed by atoms with Crippen LogP contribution >= 0.6 is 0 Å². The number of fused-ring (bicyclic) bond motifs is 1. The fourth-order valence-electron chi connectivity index (χ4n) is 4.15. The van der Waals surface area contributed by atoms with Gasteiger partial charge in [0.25, 0.3) is 0 Å². The second kappa shape index (κ2) is 7.50. The summed E-state index contributed by atoms with van der Waals surface area (Å²) in [6.45, 7) is 3.26. The Morgan fingerprint density at radius 3 is 2.50 bits per heavy atom. The zero-order valence-electron chi connectivity index (χ0n) is 16.0. The third-order valence-corrected chi connectivity index (χ3v) is 5.63. The van der Waals surface area contributed by atoms with E-state index >= 15 is 0 Å². The highest BCUT2D eigenvalue weighted by atomic mass is 15.3. The van der Waals surface area contributed by atoms with E-state index in [0.717, 1.165) is 30.4 Å². The van der Waals surface area contributed by atoms with Gasteiger partial charge in [-0.2, -0.15) is 4.98 Å². The van der Waals surface area contributed by atoms with Gasteiger partial charge in [-0.15, -0.1) is 0 Å².